The molecule has 0 saturated heterocycles. The maximum Gasteiger partial charge on any atom is 0.126 e. The molecule has 108 valence electrons. The van der Waals surface area contributed by atoms with Crippen LogP contribution in [0.15, 0.2) is 18.2 Å². The van der Waals surface area contributed by atoms with E-state index in [2.05, 4.69) is 5.32 Å². The predicted molar refractivity (Wildman–Crippen MR) is 74.9 cm³/mol. The topological polar surface area (TPSA) is 30.5 Å². The molecule has 0 aromatic heterocycles. The zero-order valence-corrected chi connectivity index (χ0v) is 12.0. The van der Waals surface area contributed by atoms with Gasteiger partial charge in [0, 0.05) is 19.8 Å². The molecule has 0 saturated carbocycles. The summed E-state index contributed by atoms with van der Waals surface area (Å²) < 4.78 is 23.7. The van der Waals surface area contributed by atoms with Crippen molar-refractivity contribution in [2.75, 3.05) is 33.5 Å². The lowest BCUT2D eigenvalue weighted by Gasteiger charge is -2.15. The molecule has 4 heteroatoms. The minimum Gasteiger partial charge on any atom is -0.382 e. The van der Waals surface area contributed by atoms with Crippen LogP contribution in [0.1, 0.15) is 30.5 Å². The van der Waals surface area contributed by atoms with Crippen LogP contribution in [0.5, 0.6) is 0 Å². The fraction of sp³-hybridized carbons (Fsp3) is 0.600. The molecule has 0 heterocycles. The second-order valence-electron chi connectivity index (χ2n) is 4.64. The highest BCUT2D eigenvalue weighted by atomic mass is 19.1. The SMILES string of the molecule is COCCOCCCNC(C)c1ccc(C)c(F)c1. The number of rotatable bonds is 9. The van der Waals surface area contributed by atoms with Crippen LogP contribution in [-0.4, -0.2) is 33.5 Å². The smallest absolute Gasteiger partial charge is 0.126 e. The molecule has 0 radical (unpaired) electrons. The van der Waals surface area contributed by atoms with Crippen LogP contribution >= 0.6 is 0 Å². The van der Waals surface area contributed by atoms with Gasteiger partial charge in [-0.1, -0.05) is 12.1 Å². The number of hydrogen-bond donors (Lipinski definition) is 1. The van der Waals surface area contributed by atoms with Crippen LogP contribution in [0.25, 0.3) is 0 Å². The van der Waals surface area contributed by atoms with E-state index in [0.717, 1.165) is 18.5 Å². The third-order valence-electron chi connectivity index (χ3n) is 3.04. The Hall–Kier alpha value is -0.970. The summed E-state index contributed by atoms with van der Waals surface area (Å²) in [5, 5.41) is 3.36. The Labute approximate surface area is 115 Å². The van der Waals surface area contributed by atoms with Crippen molar-refractivity contribution in [3.8, 4) is 0 Å². The first-order valence-corrected chi connectivity index (χ1v) is 6.71. The van der Waals surface area contributed by atoms with Gasteiger partial charge in [0.15, 0.2) is 0 Å². The first-order chi connectivity index (χ1) is 9.15. The molecule has 1 aromatic carbocycles. The largest absolute Gasteiger partial charge is 0.382 e. The summed E-state index contributed by atoms with van der Waals surface area (Å²) >= 11 is 0. The quantitative estimate of drug-likeness (QED) is 0.699. The molecular weight excluding hydrogens is 245 g/mol. The molecule has 1 N–H and O–H groups in total. The summed E-state index contributed by atoms with van der Waals surface area (Å²) in [6.07, 6.45) is 0.933. The van der Waals surface area contributed by atoms with E-state index in [4.69, 9.17) is 9.47 Å². The summed E-state index contributed by atoms with van der Waals surface area (Å²) in [5.74, 6) is -0.144. The zero-order valence-electron chi connectivity index (χ0n) is 12.0. The molecule has 3 nitrogen and oxygen atoms in total. The van der Waals surface area contributed by atoms with Crippen molar-refractivity contribution in [3.05, 3.63) is 35.1 Å². The third-order valence-corrected chi connectivity index (χ3v) is 3.04. The number of methoxy groups -OCH3 is 1. The van der Waals surface area contributed by atoms with E-state index in [9.17, 15) is 4.39 Å². The van der Waals surface area contributed by atoms with Crippen LogP contribution in [0.4, 0.5) is 4.39 Å². The van der Waals surface area contributed by atoms with Gasteiger partial charge in [-0.05, 0) is 44.0 Å². The zero-order chi connectivity index (χ0) is 14.1. The van der Waals surface area contributed by atoms with E-state index >= 15 is 0 Å². The van der Waals surface area contributed by atoms with Gasteiger partial charge < -0.3 is 14.8 Å². The van der Waals surface area contributed by atoms with E-state index in [-0.39, 0.29) is 11.9 Å². The molecular formula is C15H24FNO2. The highest BCUT2D eigenvalue weighted by molar-refractivity contribution is 5.25. The van der Waals surface area contributed by atoms with Crippen molar-refractivity contribution in [2.45, 2.75) is 26.3 Å². The number of benzene rings is 1. The summed E-state index contributed by atoms with van der Waals surface area (Å²) in [6.45, 7) is 6.64. The predicted octanol–water partition coefficient (Wildman–Crippen LogP) is 2.84. The van der Waals surface area contributed by atoms with Crippen LogP contribution in [0.3, 0.4) is 0 Å². The van der Waals surface area contributed by atoms with E-state index in [1.807, 2.05) is 19.1 Å². The lowest BCUT2D eigenvalue weighted by atomic mass is 10.1. The first kappa shape index (κ1) is 16.1. The van der Waals surface area contributed by atoms with Crippen LogP contribution in [-0.2, 0) is 9.47 Å². The highest BCUT2D eigenvalue weighted by Gasteiger charge is 2.06. The number of nitrogens with one attached hydrogen (secondary N) is 1. The molecule has 0 aliphatic carbocycles. The van der Waals surface area contributed by atoms with Gasteiger partial charge in [-0.3, -0.25) is 0 Å². The van der Waals surface area contributed by atoms with Gasteiger partial charge in [-0.2, -0.15) is 0 Å². The second kappa shape index (κ2) is 9.02. The van der Waals surface area contributed by atoms with E-state index < -0.39 is 0 Å². The molecule has 1 atom stereocenters. The number of ether oxygens (including phenoxy) is 2. The Morgan fingerprint density at radius 3 is 2.74 bits per heavy atom. The van der Waals surface area contributed by atoms with Crippen molar-refractivity contribution in [1.29, 1.82) is 0 Å². The van der Waals surface area contributed by atoms with Crippen molar-refractivity contribution < 1.29 is 13.9 Å². The Bertz CT molecular complexity index is 371. The first-order valence-electron chi connectivity index (χ1n) is 6.71. The maximum atomic E-state index is 13.4. The lowest BCUT2D eigenvalue weighted by molar-refractivity contribution is 0.0693. The second-order valence-corrected chi connectivity index (χ2v) is 4.64. The average molecular weight is 269 g/mol. The van der Waals surface area contributed by atoms with Gasteiger partial charge in [0.25, 0.3) is 0 Å². The summed E-state index contributed by atoms with van der Waals surface area (Å²) in [6, 6.07) is 5.53. The average Bonchev–Trinajstić information content (AvgIpc) is 2.40. The molecule has 0 aliphatic rings. The summed E-state index contributed by atoms with van der Waals surface area (Å²) in [7, 11) is 1.66. The molecule has 0 aliphatic heterocycles. The fourth-order valence-electron chi connectivity index (χ4n) is 1.73. The minimum absolute atomic E-state index is 0.144. The molecule has 0 fully saturated rings. The summed E-state index contributed by atoms with van der Waals surface area (Å²) in [5.41, 5.74) is 1.66. The van der Waals surface area contributed by atoms with Gasteiger partial charge in [-0.15, -0.1) is 0 Å². The Morgan fingerprint density at radius 2 is 2.05 bits per heavy atom. The Balaban J connectivity index is 2.20. The number of aryl methyl sites for hydroxylation is 1. The van der Waals surface area contributed by atoms with Gasteiger partial charge in [0.1, 0.15) is 5.82 Å². The van der Waals surface area contributed by atoms with Crippen molar-refractivity contribution in [2.24, 2.45) is 0 Å². The van der Waals surface area contributed by atoms with Crippen molar-refractivity contribution >= 4 is 0 Å². The molecule has 19 heavy (non-hydrogen) atoms. The van der Waals surface area contributed by atoms with Crippen molar-refractivity contribution in [1.82, 2.24) is 5.32 Å². The Kier molecular flexibility index (Phi) is 7.63. The van der Waals surface area contributed by atoms with Crippen LogP contribution in [0.2, 0.25) is 0 Å². The standard InChI is InChI=1S/C15H24FNO2/c1-12-5-6-14(11-15(12)16)13(2)17-7-4-8-19-10-9-18-3/h5-6,11,13,17H,4,7-10H2,1-3H3. The van der Waals surface area contributed by atoms with E-state index in [0.29, 0.717) is 25.4 Å². The molecule has 0 bridgehead atoms. The molecule has 0 spiro atoms. The van der Waals surface area contributed by atoms with Gasteiger partial charge in [0.2, 0.25) is 0 Å². The lowest BCUT2D eigenvalue weighted by Crippen LogP contribution is -2.21. The van der Waals surface area contributed by atoms with Gasteiger partial charge in [0.05, 0.1) is 13.2 Å². The minimum atomic E-state index is -0.144. The van der Waals surface area contributed by atoms with Gasteiger partial charge >= 0.3 is 0 Å². The fourth-order valence-corrected chi connectivity index (χ4v) is 1.73. The molecule has 1 aromatic rings. The van der Waals surface area contributed by atoms with Crippen LogP contribution < -0.4 is 5.32 Å². The highest BCUT2D eigenvalue weighted by Crippen LogP contribution is 2.16. The summed E-state index contributed by atoms with van der Waals surface area (Å²) in [4.78, 5) is 0. The van der Waals surface area contributed by atoms with E-state index in [1.54, 1.807) is 20.1 Å². The Morgan fingerprint density at radius 1 is 1.26 bits per heavy atom. The van der Waals surface area contributed by atoms with E-state index in [1.165, 1.54) is 0 Å². The third kappa shape index (κ3) is 6.14. The molecule has 1 unspecified atom stereocenters. The molecule has 1 rings (SSSR count). The number of hydrogen-bond acceptors (Lipinski definition) is 3. The van der Waals surface area contributed by atoms with Gasteiger partial charge in [-0.25, -0.2) is 4.39 Å². The maximum absolute atomic E-state index is 13.4. The normalized spacial score (nSPS) is 12.6. The molecule has 0 amide bonds. The number of halogens is 1. The van der Waals surface area contributed by atoms with Crippen molar-refractivity contribution in [3.63, 3.8) is 0 Å². The monoisotopic (exact) mass is 269 g/mol. The van der Waals surface area contributed by atoms with Crippen LogP contribution in [0, 0.1) is 12.7 Å².